The van der Waals surface area contributed by atoms with Gasteiger partial charge in [-0.3, -0.25) is 0 Å². The molecule has 1 N–H and O–H groups in total. The topological polar surface area (TPSA) is 77.2 Å². The van der Waals surface area contributed by atoms with Crippen molar-refractivity contribution in [1.82, 2.24) is 15.5 Å². The Balaban J connectivity index is 2.02. The highest BCUT2D eigenvalue weighted by molar-refractivity contribution is 7.98. The average Bonchev–Trinajstić information content (AvgIpc) is 2.99. The predicted molar refractivity (Wildman–Crippen MR) is 107 cm³/mol. The van der Waals surface area contributed by atoms with Gasteiger partial charge in [0, 0.05) is 5.75 Å². The van der Waals surface area contributed by atoms with Gasteiger partial charge in [0.15, 0.2) is 0 Å². The first kappa shape index (κ1) is 21.3. The highest BCUT2D eigenvalue weighted by atomic mass is 32.2. The molecule has 0 bridgehead atoms. The third-order valence-electron chi connectivity index (χ3n) is 3.56. The molecule has 2 rings (SSSR count). The van der Waals surface area contributed by atoms with Gasteiger partial charge in [-0.05, 0) is 45.6 Å². The van der Waals surface area contributed by atoms with E-state index in [0.29, 0.717) is 23.5 Å². The summed E-state index contributed by atoms with van der Waals surface area (Å²) in [6.45, 7) is 11.7. The Kier molecular flexibility index (Phi) is 7.30. The number of ether oxygens (including phenoxy) is 1. The normalized spacial score (nSPS) is 12.9. The van der Waals surface area contributed by atoms with Crippen molar-refractivity contribution < 1.29 is 13.9 Å². The standard InChI is InChI=1S/C20H29N3O3S/c1-13(2)10-16(21-18(24)26-20(4,5)6)17-22-23-19(25-17)27-12-15-9-7-8-14(3)11-15/h7-9,11,13,16H,10,12H2,1-6H3,(H,21,24)/t16-/m1/s1. The molecule has 27 heavy (non-hydrogen) atoms. The largest absolute Gasteiger partial charge is 0.444 e. The lowest BCUT2D eigenvalue weighted by atomic mass is 10.0. The number of nitrogens with zero attached hydrogens (tertiary/aromatic N) is 2. The molecule has 1 heterocycles. The molecule has 1 amide bonds. The Morgan fingerprint density at radius 3 is 2.67 bits per heavy atom. The number of alkyl carbamates (subject to hydrolysis) is 1. The van der Waals surface area contributed by atoms with E-state index in [0.717, 1.165) is 5.75 Å². The van der Waals surface area contributed by atoms with Gasteiger partial charge in [-0.15, -0.1) is 10.2 Å². The summed E-state index contributed by atoms with van der Waals surface area (Å²) in [5, 5.41) is 11.6. The van der Waals surface area contributed by atoms with Gasteiger partial charge in [0.25, 0.3) is 5.22 Å². The number of aryl methyl sites for hydroxylation is 1. The molecule has 2 aromatic rings. The maximum absolute atomic E-state index is 12.1. The van der Waals surface area contributed by atoms with E-state index in [2.05, 4.69) is 54.5 Å². The predicted octanol–water partition coefficient (Wildman–Crippen LogP) is 5.28. The minimum Gasteiger partial charge on any atom is -0.444 e. The van der Waals surface area contributed by atoms with E-state index in [1.54, 1.807) is 0 Å². The molecule has 1 aromatic carbocycles. The van der Waals surface area contributed by atoms with Crippen LogP contribution in [0.15, 0.2) is 33.9 Å². The third kappa shape index (κ3) is 7.62. The SMILES string of the molecule is Cc1cccc(CSc2nnc([C@@H](CC(C)C)NC(=O)OC(C)(C)C)o2)c1. The summed E-state index contributed by atoms with van der Waals surface area (Å²) in [5.41, 5.74) is 1.86. The number of amides is 1. The van der Waals surface area contributed by atoms with Gasteiger partial charge < -0.3 is 14.5 Å². The van der Waals surface area contributed by atoms with Gasteiger partial charge in [0.2, 0.25) is 5.89 Å². The third-order valence-corrected chi connectivity index (χ3v) is 4.45. The van der Waals surface area contributed by atoms with E-state index < -0.39 is 11.7 Å². The van der Waals surface area contributed by atoms with Crippen LogP contribution in [0, 0.1) is 12.8 Å². The van der Waals surface area contributed by atoms with E-state index in [-0.39, 0.29) is 6.04 Å². The van der Waals surface area contributed by atoms with Crippen LogP contribution in [0.5, 0.6) is 0 Å². The van der Waals surface area contributed by atoms with E-state index in [1.165, 1.54) is 22.9 Å². The van der Waals surface area contributed by atoms with Crippen molar-refractivity contribution in [3.05, 3.63) is 41.3 Å². The second kappa shape index (κ2) is 9.26. The lowest BCUT2D eigenvalue weighted by Crippen LogP contribution is -2.35. The zero-order valence-corrected chi connectivity index (χ0v) is 17.7. The van der Waals surface area contributed by atoms with Gasteiger partial charge >= 0.3 is 6.09 Å². The molecule has 6 nitrogen and oxygen atoms in total. The molecule has 0 unspecified atom stereocenters. The van der Waals surface area contributed by atoms with Crippen molar-refractivity contribution in [3.8, 4) is 0 Å². The van der Waals surface area contributed by atoms with Crippen molar-refractivity contribution in [1.29, 1.82) is 0 Å². The smallest absolute Gasteiger partial charge is 0.408 e. The molecule has 0 aliphatic heterocycles. The van der Waals surface area contributed by atoms with Crippen LogP contribution in [0.25, 0.3) is 0 Å². The van der Waals surface area contributed by atoms with Crippen molar-refractivity contribution in [3.63, 3.8) is 0 Å². The first-order chi connectivity index (χ1) is 12.6. The Labute approximate surface area is 165 Å². The molecule has 0 spiro atoms. The van der Waals surface area contributed by atoms with Crippen molar-refractivity contribution in [2.75, 3.05) is 0 Å². The molecule has 0 saturated carbocycles. The number of hydrogen-bond donors (Lipinski definition) is 1. The van der Waals surface area contributed by atoms with Gasteiger partial charge in [0.05, 0.1) is 0 Å². The number of hydrogen-bond acceptors (Lipinski definition) is 6. The van der Waals surface area contributed by atoms with Crippen LogP contribution in [-0.2, 0) is 10.5 Å². The lowest BCUT2D eigenvalue weighted by molar-refractivity contribution is 0.0487. The van der Waals surface area contributed by atoms with Gasteiger partial charge in [-0.25, -0.2) is 4.79 Å². The molecule has 0 aliphatic rings. The average molecular weight is 392 g/mol. The molecule has 0 radical (unpaired) electrons. The highest BCUT2D eigenvalue weighted by Gasteiger charge is 2.25. The van der Waals surface area contributed by atoms with Crippen LogP contribution >= 0.6 is 11.8 Å². The number of benzene rings is 1. The van der Waals surface area contributed by atoms with Crippen LogP contribution in [-0.4, -0.2) is 21.9 Å². The second-order valence-electron chi connectivity index (χ2n) is 8.01. The molecule has 1 atom stereocenters. The first-order valence-electron chi connectivity index (χ1n) is 9.13. The number of thioether (sulfide) groups is 1. The van der Waals surface area contributed by atoms with Gasteiger partial charge in [-0.1, -0.05) is 55.4 Å². The Hall–Kier alpha value is -2.02. The fourth-order valence-corrected chi connectivity index (χ4v) is 3.22. The lowest BCUT2D eigenvalue weighted by Gasteiger charge is -2.22. The summed E-state index contributed by atoms with van der Waals surface area (Å²) in [5.74, 6) is 1.50. The fraction of sp³-hybridized carbons (Fsp3) is 0.550. The van der Waals surface area contributed by atoms with Crippen molar-refractivity contribution >= 4 is 17.9 Å². The van der Waals surface area contributed by atoms with Crippen LogP contribution in [0.3, 0.4) is 0 Å². The zero-order valence-electron chi connectivity index (χ0n) is 16.9. The summed E-state index contributed by atoms with van der Waals surface area (Å²) in [6, 6.07) is 7.94. The van der Waals surface area contributed by atoms with Crippen molar-refractivity contribution in [2.24, 2.45) is 5.92 Å². The molecule has 1 aromatic heterocycles. The molecule has 0 aliphatic carbocycles. The second-order valence-corrected chi connectivity index (χ2v) is 8.94. The molecule has 0 fully saturated rings. The van der Waals surface area contributed by atoms with Crippen molar-refractivity contribution in [2.45, 2.75) is 70.6 Å². The molecular weight excluding hydrogens is 362 g/mol. The number of carbonyl (C=O) groups is 1. The van der Waals surface area contributed by atoms with E-state index in [1.807, 2.05) is 26.8 Å². The monoisotopic (exact) mass is 391 g/mol. The Morgan fingerprint density at radius 1 is 1.30 bits per heavy atom. The van der Waals surface area contributed by atoms with Crippen LogP contribution in [0.1, 0.15) is 64.1 Å². The Bertz CT molecular complexity index is 753. The number of rotatable bonds is 7. The van der Waals surface area contributed by atoms with Gasteiger partial charge in [-0.2, -0.15) is 0 Å². The number of carbonyl (C=O) groups excluding carboxylic acids is 1. The van der Waals surface area contributed by atoms with Crippen LogP contribution < -0.4 is 5.32 Å². The number of aromatic nitrogens is 2. The molecular formula is C20H29N3O3S. The van der Waals surface area contributed by atoms with E-state index in [9.17, 15) is 4.79 Å². The summed E-state index contributed by atoms with van der Waals surface area (Å²) >= 11 is 1.48. The van der Waals surface area contributed by atoms with E-state index >= 15 is 0 Å². The maximum Gasteiger partial charge on any atom is 0.408 e. The quantitative estimate of drug-likeness (QED) is 0.647. The summed E-state index contributed by atoms with van der Waals surface area (Å²) in [4.78, 5) is 12.1. The fourth-order valence-electron chi connectivity index (χ4n) is 2.51. The summed E-state index contributed by atoms with van der Waals surface area (Å²) in [6.07, 6.45) is 0.198. The summed E-state index contributed by atoms with van der Waals surface area (Å²) in [7, 11) is 0. The summed E-state index contributed by atoms with van der Waals surface area (Å²) < 4.78 is 11.1. The molecule has 7 heteroatoms. The number of nitrogens with one attached hydrogen (secondary N) is 1. The van der Waals surface area contributed by atoms with Crippen LogP contribution in [0.4, 0.5) is 4.79 Å². The minimum absolute atomic E-state index is 0.347. The molecule has 148 valence electrons. The molecule has 0 saturated heterocycles. The van der Waals surface area contributed by atoms with Gasteiger partial charge in [0.1, 0.15) is 11.6 Å². The highest BCUT2D eigenvalue weighted by Crippen LogP contribution is 2.26. The first-order valence-corrected chi connectivity index (χ1v) is 10.1. The Morgan fingerprint density at radius 2 is 2.04 bits per heavy atom. The van der Waals surface area contributed by atoms with E-state index in [4.69, 9.17) is 9.15 Å². The maximum atomic E-state index is 12.1. The zero-order chi connectivity index (χ0) is 20.0. The minimum atomic E-state index is -0.559. The van der Waals surface area contributed by atoms with Crippen LogP contribution in [0.2, 0.25) is 0 Å².